The molecule has 2 aromatic rings. The third-order valence-corrected chi connectivity index (χ3v) is 6.96. The fourth-order valence-corrected chi connectivity index (χ4v) is 5.20. The normalized spacial score (nSPS) is 20.4. The van der Waals surface area contributed by atoms with Gasteiger partial charge in [0, 0.05) is 36.9 Å². The lowest BCUT2D eigenvalue weighted by molar-refractivity contribution is -0.128. The first-order chi connectivity index (χ1) is 17.5. The van der Waals surface area contributed by atoms with E-state index in [-0.39, 0.29) is 24.5 Å². The molecule has 36 heavy (non-hydrogen) atoms. The Morgan fingerprint density at radius 3 is 2.72 bits per heavy atom. The maximum Gasteiger partial charge on any atom is 0.258 e. The van der Waals surface area contributed by atoms with E-state index in [2.05, 4.69) is 18.4 Å². The summed E-state index contributed by atoms with van der Waals surface area (Å²) in [5, 5.41) is 11.4. The Labute approximate surface area is 210 Å². The summed E-state index contributed by atoms with van der Waals surface area (Å²) in [5.74, 6) is 0.140. The zero-order chi connectivity index (χ0) is 25.2. The first kappa shape index (κ1) is 24.2. The molecule has 2 aromatic carbocycles. The van der Waals surface area contributed by atoms with Crippen molar-refractivity contribution in [3.05, 3.63) is 70.7 Å². The smallest absolute Gasteiger partial charge is 0.258 e. The number of allylic oxidation sites excluding steroid dienone is 1. The van der Waals surface area contributed by atoms with Gasteiger partial charge in [-0.3, -0.25) is 9.69 Å². The predicted molar refractivity (Wildman–Crippen MR) is 135 cm³/mol. The van der Waals surface area contributed by atoms with Gasteiger partial charge in [-0.15, -0.1) is 0 Å². The topological polar surface area (TPSA) is 81.0 Å². The Balaban J connectivity index is 1.52. The minimum atomic E-state index is -0.392. The zero-order valence-corrected chi connectivity index (χ0v) is 20.6. The summed E-state index contributed by atoms with van der Waals surface area (Å²) >= 11 is 0. The standard InChI is InChI=1S/C28H30FN5O2/c1-3-6-26-24(15-20-10-9-19(16-25(20)29)23-8-5-4-7-21(23)17-30)27(35)33(22-11-13-36-14-12-22)28-31-18(2)32-34(26)28/h4-5,7-10,16,18,22,32H,3,6,11-15H2,1-2H3. The molecule has 1 amide bonds. The van der Waals surface area contributed by atoms with Crippen LogP contribution in [0.25, 0.3) is 11.1 Å². The van der Waals surface area contributed by atoms with Crippen molar-refractivity contribution in [2.75, 3.05) is 13.2 Å². The molecule has 186 valence electrons. The highest BCUT2D eigenvalue weighted by Crippen LogP contribution is 2.34. The summed E-state index contributed by atoms with van der Waals surface area (Å²) in [6.45, 7) is 5.23. The van der Waals surface area contributed by atoms with Gasteiger partial charge in [0.05, 0.1) is 11.6 Å². The number of carbonyl (C=O) groups excluding carboxylic acids is 1. The van der Waals surface area contributed by atoms with E-state index in [1.807, 2.05) is 30.1 Å². The molecule has 7 nitrogen and oxygen atoms in total. The van der Waals surface area contributed by atoms with Crippen molar-refractivity contribution in [2.24, 2.45) is 4.99 Å². The third-order valence-electron chi connectivity index (χ3n) is 6.96. The minimum absolute atomic E-state index is 0.00696. The molecule has 1 fully saturated rings. The molecule has 1 N–H and O–H groups in total. The monoisotopic (exact) mass is 487 g/mol. The molecule has 1 unspecified atom stereocenters. The molecule has 8 heteroatoms. The van der Waals surface area contributed by atoms with Gasteiger partial charge in [-0.2, -0.15) is 5.26 Å². The Hall–Kier alpha value is -3.54. The first-order valence-corrected chi connectivity index (χ1v) is 12.6. The van der Waals surface area contributed by atoms with Gasteiger partial charge in [-0.1, -0.05) is 43.7 Å². The molecular formula is C28H30FN5O2. The van der Waals surface area contributed by atoms with Gasteiger partial charge in [-0.05, 0) is 55.0 Å². The average molecular weight is 488 g/mol. The van der Waals surface area contributed by atoms with Crippen molar-refractivity contribution in [3.63, 3.8) is 0 Å². The summed E-state index contributed by atoms with van der Waals surface area (Å²) in [5.41, 5.74) is 7.09. The Morgan fingerprint density at radius 2 is 2.00 bits per heavy atom. The highest BCUT2D eigenvalue weighted by Gasteiger charge is 2.43. The predicted octanol–water partition coefficient (Wildman–Crippen LogP) is 4.50. The number of ether oxygens (including phenoxy) is 1. The van der Waals surface area contributed by atoms with Crippen LogP contribution in [-0.4, -0.2) is 47.2 Å². The summed E-state index contributed by atoms with van der Waals surface area (Å²) < 4.78 is 21.0. The Morgan fingerprint density at radius 1 is 1.22 bits per heavy atom. The van der Waals surface area contributed by atoms with Crippen molar-refractivity contribution in [1.82, 2.24) is 15.3 Å². The molecule has 1 saturated heterocycles. The number of nitriles is 1. The van der Waals surface area contributed by atoms with Crippen LogP contribution in [-0.2, 0) is 16.0 Å². The van der Waals surface area contributed by atoms with Gasteiger partial charge in [0.1, 0.15) is 12.0 Å². The number of hydrogen-bond donors (Lipinski definition) is 1. The van der Waals surface area contributed by atoms with Crippen molar-refractivity contribution >= 4 is 11.9 Å². The molecule has 3 aliphatic heterocycles. The van der Waals surface area contributed by atoms with Crippen LogP contribution in [0, 0.1) is 17.1 Å². The van der Waals surface area contributed by atoms with Crippen LogP contribution in [0.3, 0.4) is 0 Å². The van der Waals surface area contributed by atoms with Crippen LogP contribution >= 0.6 is 0 Å². The summed E-state index contributed by atoms with van der Waals surface area (Å²) in [6.07, 6.45) is 3.03. The molecule has 0 bridgehead atoms. The van der Waals surface area contributed by atoms with E-state index in [4.69, 9.17) is 9.73 Å². The lowest BCUT2D eigenvalue weighted by Crippen LogP contribution is -2.58. The molecular weight excluding hydrogens is 457 g/mol. The fraction of sp³-hybridized carbons (Fsp3) is 0.393. The van der Waals surface area contributed by atoms with Crippen molar-refractivity contribution in [3.8, 4) is 17.2 Å². The van der Waals surface area contributed by atoms with Crippen LogP contribution in [0.4, 0.5) is 4.39 Å². The Kier molecular flexibility index (Phi) is 6.86. The summed E-state index contributed by atoms with van der Waals surface area (Å²) in [6, 6.07) is 14.3. The molecule has 1 atom stereocenters. The van der Waals surface area contributed by atoms with Gasteiger partial charge in [0.2, 0.25) is 5.96 Å². The number of carbonyl (C=O) groups is 1. The summed E-state index contributed by atoms with van der Waals surface area (Å²) in [4.78, 5) is 20.5. The van der Waals surface area contributed by atoms with Crippen LogP contribution < -0.4 is 5.43 Å². The van der Waals surface area contributed by atoms with Crippen LogP contribution in [0.1, 0.15) is 50.7 Å². The number of rotatable bonds is 6. The number of fused-ring (bicyclic) bond motifs is 1. The van der Waals surface area contributed by atoms with Gasteiger partial charge >= 0.3 is 0 Å². The lowest BCUT2D eigenvalue weighted by atomic mass is 9.93. The van der Waals surface area contributed by atoms with E-state index < -0.39 is 5.82 Å². The highest BCUT2D eigenvalue weighted by atomic mass is 19.1. The minimum Gasteiger partial charge on any atom is -0.381 e. The molecule has 0 saturated carbocycles. The maximum atomic E-state index is 15.4. The molecule has 0 radical (unpaired) electrons. The van der Waals surface area contributed by atoms with Crippen molar-refractivity contribution in [2.45, 2.75) is 58.2 Å². The zero-order valence-electron chi connectivity index (χ0n) is 20.6. The average Bonchev–Trinajstić information content (AvgIpc) is 3.28. The number of guanidine groups is 1. The quantitative estimate of drug-likeness (QED) is 0.649. The van der Waals surface area contributed by atoms with Crippen molar-refractivity contribution in [1.29, 1.82) is 5.26 Å². The van der Waals surface area contributed by atoms with Gasteiger partial charge < -0.3 is 4.74 Å². The van der Waals surface area contributed by atoms with E-state index in [0.29, 0.717) is 53.4 Å². The number of hydrogen-bond acceptors (Lipinski definition) is 6. The number of nitrogens with zero attached hydrogens (tertiary/aromatic N) is 4. The second-order valence-corrected chi connectivity index (χ2v) is 9.40. The molecule has 0 aliphatic carbocycles. The number of nitrogens with one attached hydrogen (secondary N) is 1. The van der Waals surface area contributed by atoms with E-state index >= 15 is 4.39 Å². The van der Waals surface area contributed by atoms with E-state index in [9.17, 15) is 10.1 Å². The first-order valence-electron chi connectivity index (χ1n) is 12.6. The van der Waals surface area contributed by atoms with Crippen LogP contribution in [0.5, 0.6) is 0 Å². The van der Waals surface area contributed by atoms with Gasteiger partial charge in [-0.25, -0.2) is 19.8 Å². The van der Waals surface area contributed by atoms with Crippen molar-refractivity contribution < 1.29 is 13.9 Å². The summed E-state index contributed by atoms with van der Waals surface area (Å²) in [7, 11) is 0. The van der Waals surface area contributed by atoms with Gasteiger partial charge in [0.15, 0.2) is 0 Å². The highest BCUT2D eigenvalue weighted by molar-refractivity contribution is 6.10. The van der Waals surface area contributed by atoms with Crippen LogP contribution in [0.15, 0.2) is 58.7 Å². The molecule has 3 heterocycles. The fourth-order valence-electron chi connectivity index (χ4n) is 5.20. The second kappa shape index (κ2) is 10.2. The third kappa shape index (κ3) is 4.41. The molecule has 0 aromatic heterocycles. The molecule has 0 spiro atoms. The maximum absolute atomic E-state index is 15.4. The second-order valence-electron chi connectivity index (χ2n) is 9.40. The number of aliphatic imine (C=N–C) groups is 1. The molecule has 3 aliphatic rings. The lowest BCUT2D eigenvalue weighted by Gasteiger charge is -2.42. The van der Waals surface area contributed by atoms with E-state index in [0.717, 1.165) is 25.0 Å². The van der Waals surface area contributed by atoms with E-state index in [1.54, 1.807) is 23.1 Å². The van der Waals surface area contributed by atoms with Crippen LogP contribution in [0.2, 0.25) is 0 Å². The Bertz CT molecular complexity index is 1270. The SMILES string of the molecule is CCCC1=C(Cc2ccc(-c3ccccc3C#N)cc2F)C(=O)N(C2CCOCC2)C2=NC(C)NN21. The number of amides is 1. The largest absolute Gasteiger partial charge is 0.381 e. The molecule has 5 rings (SSSR count). The number of benzene rings is 2. The number of halogens is 1. The number of hydrazine groups is 1. The van der Waals surface area contributed by atoms with Gasteiger partial charge in [0.25, 0.3) is 5.91 Å². The van der Waals surface area contributed by atoms with E-state index in [1.165, 1.54) is 6.07 Å².